The van der Waals surface area contributed by atoms with Crippen molar-refractivity contribution in [1.29, 1.82) is 0 Å². The fraction of sp³-hybridized carbons (Fsp3) is 0.600. The van der Waals surface area contributed by atoms with Crippen LogP contribution >= 0.6 is 0 Å². The third-order valence-electron chi connectivity index (χ3n) is 4.07. The Balaban J connectivity index is 1.74. The van der Waals surface area contributed by atoms with Crippen molar-refractivity contribution >= 4 is 11.9 Å². The van der Waals surface area contributed by atoms with Gasteiger partial charge in [0.25, 0.3) is 5.91 Å². The lowest BCUT2D eigenvalue weighted by molar-refractivity contribution is -0.144. The molecule has 1 amide bonds. The zero-order chi connectivity index (χ0) is 18.9. The second-order valence-corrected chi connectivity index (χ2v) is 6.87. The van der Waals surface area contributed by atoms with Crippen molar-refractivity contribution in [3.63, 3.8) is 0 Å². The van der Waals surface area contributed by atoms with E-state index in [4.69, 9.17) is 14.2 Å². The van der Waals surface area contributed by atoms with Gasteiger partial charge in [-0.25, -0.2) is 4.79 Å². The third kappa shape index (κ3) is 6.77. The van der Waals surface area contributed by atoms with Crippen molar-refractivity contribution < 1.29 is 23.8 Å². The predicted octanol–water partition coefficient (Wildman–Crippen LogP) is 2.11. The van der Waals surface area contributed by atoms with Gasteiger partial charge in [0.2, 0.25) is 0 Å². The molecule has 1 N–H and O–H groups in total. The van der Waals surface area contributed by atoms with Crippen LogP contribution in [0.4, 0.5) is 0 Å². The number of ether oxygens (including phenoxy) is 3. The van der Waals surface area contributed by atoms with Gasteiger partial charge in [0, 0.05) is 0 Å². The predicted molar refractivity (Wildman–Crippen MR) is 97.6 cm³/mol. The van der Waals surface area contributed by atoms with Crippen LogP contribution in [0.5, 0.6) is 0 Å². The highest BCUT2D eigenvalue weighted by Crippen LogP contribution is 2.24. The molecule has 1 saturated heterocycles. The topological polar surface area (TPSA) is 77.2 Å². The van der Waals surface area contributed by atoms with Crippen LogP contribution < -0.4 is 5.32 Å². The molecule has 1 aliphatic heterocycles. The van der Waals surface area contributed by atoms with Crippen molar-refractivity contribution in [3.05, 3.63) is 35.9 Å². The number of epoxide rings is 1. The normalized spacial score (nSPS) is 19.8. The highest BCUT2D eigenvalue weighted by molar-refractivity contribution is 5.92. The number of hydrogen-bond acceptors (Lipinski definition) is 5. The van der Waals surface area contributed by atoms with Gasteiger partial charge < -0.3 is 19.5 Å². The summed E-state index contributed by atoms with van der Waals surface area (Å²) in [5.41, 5.74) is 1.22. The van der Waals surface area contributed by atoms with Crippen molar-refractivity contribution in [1.82, 2.24) is 5.32 Å². The van der Waals surface area contributed by atoms with E-state index in [0.717, 1.165) is 12.8 Å². The van der Waals surface area contributed by atoms with Crippen LogP contribution in [-0.2, 0) is 30.2 Å². The maximum Gasteiger partial charge on any atom is 0.338 e. The van der Waals surface area contributed by atoms with Gasteiger partial charge in [-0.05, 0) is 31.2 Å². The van der Waals surface area contributed by atoms with Crippen LogP contribution in [0.15, 0.2) is 30.3 Å². The molecule has 1 heterocycles. The van der Waals surface area contributed by atoms with Crippen molar-refractivity contribution in [2.24, 2.45) is 5.92 Å². The van der Waals surface area contributed by atoms with Gasteiger partial charge in [-0.3, -0.25) is 4.79 Å². The fourth-order valence-corrected chi connectivity index (χ4v) is 2.80. The molecular weight excluding hydrogens is 334 g/mol. The zero-order valence-corrected chi connectivity index (χ0v) is 15.8. The van der Waals surface area contributed by atoms with Gasteiger partial charge in [0.1, 0.15) is 0 Å². The van der Waals surface area contributed by atoms with E-state index in [9.17, 15) is 9.59 Å². The summed E-state index contributed by atoms with van der Waals surface area (Å²) < 4.78 is 15.8. The van der Waals surface area contributed by atoms with E-state index in [0.29, 0.717) is 19.1 Å². The molecule has 0 bridgehead atoms. The molecule has 2 rings (SSSR count). The molecule has 0 radical (unpaired) electrons. The maximum absolute atomic E-state index is 12.3. The van der Waals surface area contributed by atoms with E-state index in [-0.39, 0.29) is 18.6 Å². The molecule has 0 aromatic heterocycles. The van der Waals surface area contributed by atoms with Crippen LogP contribution in [0.1, 0.15) is 32.8 Å². The average Bonchev–Trinajstić information content (AvgIpc) is 3.40. The summed E-state index contributed by atoms with van der Waals surface area (Å²) in [6.45, 7) is 7.23. The van der Waals surface area contributed by atoms with Crippen LogP contribution in [0.25, 0.3) is 0 Å². The number of esters is 1. The summed E-state index contributed by atoms with van der Waals surface area (Å²) in [5, 5.41) is 2.94. The Morgan fingerprint density at radius 2 is 1.92 bits per heavy atom. The summed E-state index contributed by atoms with van der Waals surface area (Å²) in [5.74, 6) is -0.341. The van der Waals surface area contributed by atoms with Gasteiger partial charge in [-0.1, -0.05) is 44.2 Å². The molecule has 144 valence electrons. The van der Waals surface area contributed by atoms with E-state index in [1.807, 2.05) is 18.2 Å². The first-order valence-electron chi connectivity index (χ1n) is 9.25. The molecule has 6 nitrogen and oxygen atoms in total. The van der Waals surface area contributed by atoms with Crippen LogP contribution in [-0.4, -0.2) is 49.9 Å². The molecule has 0 spiro atoms. The monoisotopic (exact) mass is 363 g/mol. The lowest BCUT2D eigenvalue weighted by Gasteiger charge is -2.20. The minimum Gasteiger partial charge on any atom is -0.464 e. The molecule has 3 atom stereocenters. The molecule has 0 aliphatic carbocycles. The number of carbonyl (C=O) groups excluding carboxylic acids is 2. The molecule has 1 fully saturated rings. The quantitative estimate of drug-likeness (QED) is 0.370. The Morgan fingerprint density at radius 1 is 1.19 bits per heavy atom. The molecule has 1 aromatic carbocycles. The van der Waals surface area contributed by atoms with Gasteiger partial charge >= 0.3 is 5.97 Å². The Kier molecular flexibility index (Phi) is 8.06. The highest BCUT2D eigenvalue weighted by atomic mass is 16.6. The molecule has 1 aromatic rings. The first-order chi connectivity index (χ1) is 12.5. The largest absolute Gasteiger partial charge is 0.464 e. The van der Waals surface area contributed by atoms with E-state index in [1.165, 1.54) is 5.56 Å². The number of amides is 1. The number of hydrogen-bond donors (Lipinski definition) is 1. The molecule has 26 heavy (non-hydrogen) atoms. The highest BCUT2D eigenvalue weighted by Gasteiger charge is 2.51. The smallest absolute Gasteiger partial charge is 0.338 e. The number of rotatable bonds is 11. The lowest BCUT2D eigenvalue weighted by atomic mass is 10.0. The number of carbonyl (C=O) groups is 2. The summed E-state index contributed by atoms with van der Waals surface area (Å²) in [6, 6.07) is 10.0. The summed E-state index contributed by atoms with van der Waals surface area (Å²) in [7, 11) is 0. The molecule has 1 aliphatic rings. The second-order valence-electron chi connectivity index (χ2n) is 6.87. The summed E-state index contributed by atoms with van der Waals surface area (Å²) in [4.78, 5) is 23.8. The molecule has 6 heteroatoms. The minimum absolute atomic E-state index is 0.106. The van der Waals surface area contributed by atoms with Crippen LogP contribution in [0.2, 0.25) is 0 Å². The number of benzene rings is 1. The maximum atomic E-state index is 12.3. The van der Waals surface area contributed by atoms with Gasteiger partial charge in [0.15, 0.2) is 12.2 Å². The Labute approximate surface area is 155 Å². The Hall–Kier alpha value is -1.92. The van der Waals surface area contributed by atoms with Crippen LogP contribution in [0, 0.1) is 5.92 Å². The SMILES string of the molecule is CCOC(=O)[C@H]1O[C@@H]1C(=O)N[C@H](COCCc1ccccc1)CC(C)C. The zero-order valence-electron chi connectivity index (χ0n) is 15.8. The Morgan fingerprint density at radius 3 is 2.58 bits per heavy atom. The molecule has 0 saturated carbocycles. The number of nitrogens with one attached hydrogen (secondary N) is 1. The Bertz CT molecular complexity index is 575. The van der Waals surface area contributed by atoms with E-state index >= 15 is 0 Å². The average molecular weight is 363 g/mol. The molecular formula is C20H29NO5. The van der Waals surface area contributed by atoms with Crippen molar-refractivity contribution in [2.45, 2.75) is 51.9 Å². The first-order valence-corrected chi connectivity index (χ1v) is 9.25. The van der Waals surface area contributed by atoms with Crippen LogP contribution in [0.3, 0.4) is 0 Å². The van der Waals surface area contributed by atoms with Gasteiger partial charge in [-0.15, -0.1) is 0 Å². The first kappa shape index (κ1) is 20.4. The summed E-state index contributed by atoms with van der Waals surface area (Å²) >= 11 is 0. The third-order valence-corrected chi connectivity index (χ3v) is 4.07. The van der Waals surface area contributed by atoms with Gasteiger partial charge in [0.05, 0.1) is 25.9 Å². The van der Waals surface area contributed by atoms with Crippen molar-refractivity contribution in [2.75, 3.05) is 19.8 Å². The second kappa shape index (κ2) is 10.3. The lowest BCUT2D eigenvalue weighted by Crippen LogP contribution is -2.42. The standard InChI is InChI=1S/C20H29NO5/c1-4-25-20(23)18-17(26-18)19(22)21-16(12-14(2)3)13-24-11-10-15-8-6-5-7-9-15/h5-9,14,16-18H,4,10-13H2,1-3H3,(H,21,22)/t16-,17-,18-/m0/s1. The summed E-state index contributed by atoms with van der Waals surface area (Å²) in [6.07, 6.45) is 0.120. The minimum atomic E-state index is -0.770. The van der Waals surface area contributed by atoms with E-state index in [2.05, 4.69) is 31.3 Å². The molecule has 0 unspecified atom stereocenters. The van der Waals surface area contributed by atoms with E-state index < -0.39 is 18.2 Å². The van der Waals surface area contributed by atoms with Crippen molar-refractivity contribution in [3.8, 4) is 0 Å². The van der Waals surface area contributed by atoms with E-state index in [1.54, 1.807) is 6.92 Å². The fourth-order valence-electron chi connectivity index (χ4n) is 2.80. The van der Waals surface area contributed by atoms with Gasteiger partial charge in [-0.2, -0.15) is 0 Å².